The molecule has 0 atom stereocenters. The number of aliphatic hydroxyl groups is 1. The number of hydrogen-bond donors (Lipinski definition) is 2. The Morgan fingerprint density at radius 1 is 1.26 bits per heavy atom. The summed E-state index contributed by atoms with van der Waals surface area (Å²) in [6.45, 7) is 1.45. The maximum Gasteiger partial charge on any atom is 0.255 e. The van der Waals surface area contributed by atoms with Gasteiger partial charge in [-0.2, -0.15) is 0 Å². The van der Waals surface area contributed by atoms with Gasteiger partial charge in [-0.1, -0.05) is 18.2 Å². The van der Waals surface area contributed by atoms with Crippen LogP contribution in [0, 0.1) is 12.7 Å². The Labute approximate surface area is 110 Å². The van der Waals surface area contributed by atoms with Gasteiger partial charge in [0.1, 0.15) is 5.82 Å². The maximum absolute atomic E-state index is 13.1. The van der Waals surface area contributed by atoms with Crippen molar-refractivity contribution in [2.45, 2.75) is 13.5 Å². The van der Waals surface area contributed by atoms with Crippen LogP contribution in [0.5, 0.6) is 0 Å². The molecule has 4 heteroatoms. The van der Waals surface area contributed by atoms with Crippen molar-refractivity contribution in [1.29, 1.82) is 0 Å². The second-order valence-corrected chi connectivity index (χ2v) is 4.23. The molecule has 0 saturated carbocycles. The molecule has 0 heterocycles. The second-order valence-electron chi connectivity index (χ2n) is 4.23. The van der Waals surface area contributed by atoms with E-state index in [0.717, 1.165) is 0 Å². The minimum Gasteiger partial charge on any atom is -0.392 e. The third-order valence-corrected chi connectivity index (χ3v) is 2.86. The van der Waals surface area contributed by atoms with Crippen LogP contribution >= 0.6 is 0 Å². The van der Waals surface area contributed by atoms with E-state index < -0.39 is 0 Å². The molecule has 2 aromatic carbocycles. The number of carbonyl (C=O) groups is 1. The van der Waals surface area contributed by atoms with E-state index >= 15 is 0 Å². The Kier molecular flexibility index (Phi) is 3.92. The van der Waals surface area contributed by atoms with E-state index in [9.17, 15) is 14.3 Å². The zero-order chi connectivity index (χ0) is 13.8. The van der Waals surface area contributed by atoms with Crippen molar-refractivity contribution >= 4 is 11.6 Å². The number of aliphatic hydroxyl groups excluding tert-OH is 1. The van der Waals surface area contributed by atoms with Crippen LogP contribution in [0.15, 0.2) is 42.5 Å². The molecule has 0 fully saturated rings. The number of halogens is 1. The molecule has 0 aliphatic rings. The number of rotatable bonds is 3. The molecule has 19 heavy (non-hydrogen) atoms. The average molecular weight is 259 g/mol. The predicted octanol–water partition coefficient (Wildman–Crippen LogP) is 2.88. The summed E-state index contributed by atoms with van der Waals surface area (Å²) in [5.41, 5.74) is 1.99. The minimum atomic E-state index is -0.340. The van der Waals surface area contributed by atoms with Crippen molar-refractivity contribution in [3.8, 4) is 0 Å². The van der Waals surface area contributed by atoms with Crippen molar-refractivity contribution in [1.82, 2.24) is 0 Å². The number of benzene rings is 2. The summed E-state index contributed by atoms with van der Waals surface area (Å²) < 4.78 is 13.1. The minimum absolute atomic E-state index is 0.154. The summed E-state index contributed by atoms with van der Waals surface area (Å²) in [7, 11) is 0. The highest BCUT2D eigenvalue weighted by Crippen LogP contribution is 2.17. The van der Waals surface area contributed by atoms with Gasteiger partial charge in [-0.15, -0.1) is 0 Å². The van der Waals surface area contributed by atoms with E-state index in [1.807, 2.05) is 0 Å². The molecule has 1 amide bonds. The highest BCUT2D eigenvalue weighted by molar-refractivity contribution is 6.04. The largest absolute Gasteiger partial charge is 0.392 e. The third kappa shape index (κ3) is 2.98. The summed E-state index contributed by atoms with van der Waals surface area (Å²) in [6, 6.07) is 11.2. The quantitative estimate of drug-likeness (QED) is 0.890. The molecule has 0 aliphatic carbocycles. The van der Waals surface area contributed by atoms with Crippen molar-refractivity contribution in [3.63, 3.8) is 0 Å². The summed E-state index contributed by atoms with van der Waals surface area (Å²) >= 11 is 0. The van der Waals surface area contributed by atoms with Gasteiger partial charge < -0.3 is 10.4 Å². The first kappa shape index (κ1) is 13.2. The van der Waals surface area contributed by atoms with Crippen LogP contribution in [-0.2, 0) is 6.61 Å². The highest BCUT2D eigenvalue weighted by atomic mass is 19.1. The molecule has 0 aliphatic heterocycles. The van der Waals surface area contributed by atoms with E-state index in [1.165, 1.54) is 18.2 Å². The standard InChI is InChI=1S/C15H14FNO2/c1-10-8-11(6-7-13(10)16)15(19)17-14-5-3-2-4-12(14)9-18/h2-8,18H,9H2,1H3,(H,17,19). The van der Waals surface area contributed by atoms with Gasteiger partial charge in [0.15, 0.2) is 0 Å². The van der Waals surface area contributed by atoms with Gasteiger partial charge in [0, 0.05) is 16.8 Å². The van der Waals surface area contributed by atoms with Crippen molar-refractivity contribution < 1.29 is 14.3 Å². The fourth-order valence-corrected chi connectivity index (χ4v) is 1.76. The number of nitrogens with one attached hydrogen (secondary N) is 1. The zero-order valence-corrected chi connectivity index (χ0v) is 10.5. The SMILES string of the molecule is Cc1cc(C(=O)Nc2ccccc2CO)ccc1F. The van der Waals surface area contributed by atoms with Crippen molar-refractivity contribution in [2.24, 2.45) is 0 Å². The Morgan fingerprint density at radius 3 is 2.68 bits per heavy atom. The topological polar surface area (TPSA) is 49.3 Å². The molecule has 0 aromatic heterocycles. The molecule has 2 N–H and O–H groups in total. The fourth-order valence-electron chi connectivity index (χ4n) is 1.76. The van der Waals surface area contributed by atoms with Gasteiger partial charge >= 0.3 is 0 Å². The van der Waals surface area contributed by atoms with Crippen LogP contribution in [0.4, 0.5) is 10.1 Å². The first-order valence-corrected chi connectivity index (χ1v) is 5.88. The molecule has 3 nitrogen and oxygen atoms in total. The summed E-state index contributed by atoms with van der Waals surface area (Å²) in [5, 5.41) is 11.9. The Bertz CT molecular complexity index is 611. The lowest BCUT2D eigenvalue weighted by atomic mass is 10.1. The second kappa shape index (κ2) is 5.63. The first-order chi connectivity index (χ1) is 9.11. The number of carbonyl (C=O) groups excluding carboxylic acids is 1. The van der Waals surface area contributed by atoms with Crippen molar-refractivity contribution in [3.05, 3.63) is 65.0 Å². The molecule has 98 valence electrons. The van der Waals surface area contributed by atoms with Gasteiger partial charge in [0.05, 0.1) is 6.61 Å². The summed E-state index contributed by atoms with van der Waals surface area (Å²) in [6.07, 6.45) is 0. The molecular weight excluding hydrogens is 245 g/mol. The molecular formula is C15H14FNO2. The van der Waals surface area contributed by atoms with E-state index in [0.29, 0.717) is 22.4 Å². The fraction of sp³-hybridized carbons (Fsp3) is 0.133. The van der Waals surface area contributed by atoms with Gasteiger partial charge in [-0.3, -0.25) is 4.79 Å². The van der Waals surface area contributed by atoms with Crippen LogP contribution in [0.3, 0.4) is 0 Å². The van der Waals surface area contributed by atoms with Gasteiger partial charge in [0.25, 0.3) is 5.91 Å². The number of hydrogen-bond acceptors (Lipinski definition) is 2. The zero-order valence-electron chi connectivity index (χ0n) is 10.5. The first-order valence-electron chi connectivity index (χ1n) is 5.88. The Morgan fingerprint density at radius 2 is 2.00 bits per heavy atom. The van der Waals surface area contributed by atoms with E-state index in [1.54, 1.807) is 31.2 Å². The summed E-state index contributed by atoms with van der Waals surface area (Å²) in [5.74, 6) is -0.670. The van der Waals surface area contributed by atoms with Crippen LogP contribution in [0.2, 0.25) is 0 Å². The van der Waals surface area contributed by atoms with E-state index in [-0.39, 0.29) is 18.3 Å². The molecule has 2 aromatic rings. The number of anilines is 1. The van der Waals surface area contributed by atoms with Crippen molar-refractivity contribution in [2.75, 3.05) is 5.32 Å². The third-order valence-electron chi connectivity index (χ3n) is 2.86. The molecule has 2 rings (SSSR count). The lowest BCUT2D eigenvalue weighted by Gasteiger charge is -2.09. The van der Waals surface area contributed by atoms with E-state index in [4.69, 9.17) is 0 Å². The monoisotopic (exact) mass is 259 g/mol. The highest BCUT2D eigenvalue weighted by Gasteiger charge is 2.09. The molecule has 0 unspecified atom stereocenters. The normalized spacial score (nSPS) is 10.3. The lowest BCUT2D eigenvalue weighted by molar-refractivity contribution is 0.102. The van der Waals surface area contributed by atoms with Gasteiger partial charge in [0.2, 0.25) is 0 Å². The number of aryl methyl sites for hydroxylation is 1. The van der Waals surface area contributed by atoms with Crippen LogP contribution in [0.1, 0.15) is 21.5 Å². The maximum atomic E-state index is 13.1. The summed E-state index contributed by atoms with van der Waals surface area (Å²) in [4.78, 5) is 12.0. The molecule has 0 bridgehead atoms. The molecule has 0 spiro atoms. The van der Waals surface area contributed by atoms with E-state index in [2.05, 4.69) is 5.32 Å². The number of para-hydroxylation sites is 1. The van der Waals surface area contributed by atoms with Gasteiger partial charge in [-0.25, -0.2) is 4.39 Å². The predicted molar refractivity (Wildman–Crippen MR) is 71.5 cm³/mol. The van der Waals surface area contributed by atoms with Crippen LogP contribution in [0.25, 0.3) is 0 Å². The van der Waals surface area contributed by atoms with Crippen LogP contribution < -0.4 is 5.32 Å². The average Bonchev–Trinajstić information content (AvgIpc) is 2.42. The van der Waals surface area contributed by atoms with Crippen LogP contribution in [-0.4, -0.2) is 11.0 Å². The number of amides is 1. The Balaban J connectivity index is 2.23. The lowest BCUT2D eigenvalue weighted by Crippen LogP contribution is -2.13. The Hall–Kier alpha value is -2.20. The smallest absolute Gasteiger partial charge is 0.255 e. The van der Waals surface area contributed by atoms with Gasteiger partial charge in [-0.05, 0) is 36.8 Å². The molecule has 0 saturated heterocycles. The molecule has 0 radical (unpaired) electrons.